The molecule has 3 aliphatic heterocycles. The number of rotatable bonds is 9. The normalized spacial score (nSPS) is 19.2. The number of carbonyl (C=O) groups excluding carboxylic acids is 3. The average Bonchev–Trinajstić information content (AvgIpc) is 4.11. The fourth-order valence-electron chi connectivity index (χ4n) is 9.67. The number of nitrogens with one attached hydrogen (secondary N) is 3. The van der Waals surface area contributed by atoms with E-state index in [0.717, 1.165) is 86.1 Å². The van der Waals surface area contributed by atoms with Crippen molar-refractivity contribution in [1.29, 1.82) is 0 Å². The molecule has 3 aliphatic rings. The van der Waals surface area contributed by atoms with Gasteiger partial charge in [-0.1, -0.05) is 62.4 Å². The van der Waals surface area contributed by atoms with Crippen LogP contribution >= 0.6 is 0 Å². The summed E-state index contributed by atoms with van der Waals surface area (Å²) in [5.41, 5.74) is 7.14. The Morgan fingerprint density at radius 3 is 2.50 bits per heavy atom. The van der Waals surface area contributed by atoms with Crippen molar-refractivity contribution >= 4 is 45.8 Å². The maximum atomic E-state index is 14.1. The van der Waals surface area contributed by atoms with Crippen LogP contribution < -0.4 is 10.1 Å². The molecule has 320 valence electrons. The number of carbonyl (C=O) groups is 4. The maximum absolute atomic E-state index is 14.1. The van der Waals surface area contributed by atoms with Crippen LogP contribution in [0.25, 0.3) is 44.2 Å². The molecule has 0 bridgehead atoms. The number of ether oxygens (including phenoxy) is 2. The second-order valence-corrected chi connectivity index (χ2v) is 16.9. The largest absolute Gasteiger partial charge is 0.488 e. The third-order valence-corrected chi connectivity index (χ3v) is 12.8. The maximum Gasteiger partial charge on any atom is 0.407 e. The van der Waals surface area contributed by atoms with E-state index < -0.39 is 24.3 Å². The molecule has 4 amide bonds. The van der Waals surface area contributed by atoms with Gasteiger partial charge in [-0.15, -0.1) is 0 Å². The Bertz CT molecular complexity index is 2710. The zero-order chi connectivity index (χ0) is 43.4. The fourth-order valence-corrected chi connectivity index (χ4v) is 9.67. The monoisotopic (exact) mass is 838 g/mol. The molecular formula is C47H50N8O7. The molecule has 2 saturated heterocycles. The lowest BCUT2D eigenvalue weighted by molar-refractivity contribution is -0.140. The summed E-state index contributed by atoms with van der Waals surface area (Å²) < 4.78 is 11.3. The molecular weight excluding hydrogens is 789 g/mol. The lowest BCUT2D eigenvalue weighted by Gasteiger charge is -2.36. The van der Waals surface area contributed by atoms with Crippen molar-refractivity contribution < 1.29 is 33.8 Å². The number of hydrogen-bond donors (Lipinski definition) is 4. The lowest BCUT2D eigenvalue weighted by Crippen LogP contribution is -2.53. The summed E-state index contributed by atoms with van der Waals surface area (Å²) in [6.45, 7) is 6.63. The number of likely N-dealkylation sites (N-methyl/N-ethyl adjacent to an activating group) is 1. The first-order chi connectivity index (χ1) is 29.9. The highest BCUT2D eigenvalue weighted by Crippen LogP contribution is 2.44. The average molecular weight is 839 g/mol. The van der Waals surface area contributed by atoms with Gasteiger partial charge >= 0.3 is 12.2 Å². The van der Waals surface area contributed by atoms with Crippen molar-refractivity contribution in [3.05, 3.63) is 102 Å². The van der Waals surface area contributed by atoms with E-state index in [1.807, 2.05) is 62.1 Å². The van der Waals surface area contributed by atoms with Gasteiger partial charge in [-0.25, -0.2) is 19.6 Å². The quantitative estimate of drug-likeness (QED) is 0.112. The number of aromatic amines is 2. The van der Waals surface area contributed by atoms with Gasteiger partial charge in [-0.2, -0.15) is 0 Å². The molecule has 2 fully saturated rings. The molecule has 62 heavy (non-hydrogen) atoms. The van der Waals surface area contributed by atoms with E-state index >= 15 is 0 Å². The molecule has 9 rings (SSSR count). The predicted molar refractivity (Wildman–Crippen MR) is 232 cm³/mol. The minimum Gasteiger partial charge on any atom is -0.488 e. The van der Waals surface area contributed by atoms with Gasteiger partial charge in [0.05, 0.1) is 42.1 Å². The van der Waals surface area contributed by atoms with E-state index in [2.05, 4.69) is 51.7 Å². The first-order valence-corrected chi connectivity index (χ1v) is 21.2. The summed E-state index contributed by atoms with van der Waals surface area (Å²) in [7, 11) is 2.73. The van der Waals surface area contributed by atoms with Gasteiger partial charge in [0.15, 0.2) is 0 Å². The van der Waals surface area contributed by atoms with Crippen LogP contribution in [0.3, 0.4) is 0 Å². The van der Waals surface area contributed by atoms with Crippen LogP contribution in [0.5, 0.6) is 5.75 Å². The van der Waals surface area contributed by atoms with E-state index in [0.29, 0.717) is 30.4 Å². The second kappa shape index (κ2) is 16.2. The molecule has 0 aliphatic carbocycles. The Balaban J connectivity index is 0.969. The highest BCUT2D eigenvalue weighted by atomic mass is 16.5. The summed E-state index contributed by atoms with van der Waals surface area (Å²) in [4.78, 5) is 73.8. The van der Waals surface area contributed by atoms with Crippen molar-refractivity contribution in [3.63, 3.8) is 0 Å². The van der Waals surface area contributed by atoms with Crippen LogP contribution in [0.15, 0.2) is 79.0 Å². The first-order valence-electron chi connectivity index (χ1n) is 21.2. The molecule has 15 heteroatoms. The zero-order valence-electron chi connectivity index (χ0n) is 35.3. The van der Waals surface area contributed by atoms with Gasteiger partial charge in [0.2, 0.25) is 5.91 Å². The van der Waals surface area contributed by atoms with Crippen LogP contribution in [-0.4, -0.2) is 96.5 Å². The van der Waals surface area contributed by atoms with Gasteiger partial charge < -0.3 is 39.7 Å². The molecule has 0 saturated carbocycles. The Morgan fingerprint density at radius 2 is 1.74 bits per heavy atom. The number of amides is 4. The molecule has 0 spiro atoms. The molecule has 5 heterocycles. The SMILES string of the molecule is COC(=O)N[C@@H](C(=O)N1CCC[C@H]1c1nc2ccc3cc4c(cc3c2[nH]1)OCc1cc(-c2cnc([C@@H]3CC[C@H](C)N3C(=O)[C@H](C(C)C)N(C)C(=O)O)[nH]2)ccc1-4)c1ccccc1. The third-order valence-electron chi connectivity index (χ3n) is 12.8. The van der Waals surface area contributed by atoms with Crippen molar-refractivity contribution in [1.82, 2.24) is 40.0 Å². The topological polar surface area (TPSA) is 186 Å². The van der Waals surface area contributed by atoms with Crippen molar-refractivity contribution in [3.8, 4) is 28.1 Å². The number of H-pyrrole nitrogens is 2. The van der Waals surface area contributed by atoms with Gasteiger partial charge in [0.1, 0.15) is 36.1 Å². The van der Waals surface area contributed by atoms with E-state index in [4.69, 9.17) is 19.4 Å². The highest BCUT2D eigenvalue weighted by Gasteiger charge is 2.43. The molecule has 0 unspecified atom stereocenters. The fraction of sp³-hybridized carbons (Fsp3) is 0.362. The number of hydrogen-bond acceptors (Lipinski definition) is 8. The summed E-state index contributed by atoms with van der Waals surface area (Å²) in [5, 5.41) is 14.4. The van der Waals surface area contributed by atoms with Crippen LogP contribution in [0.2, 0.25) is 0 Å². The Hall–Kier alpha value is -6.90. The lowest BCUT2D eigenvalue weighted by atomic mass is 9.92. The molecule has 4 N–H and O–H groups in total. The van der Waals surface area contributed by atoms with E-state index in [1.165, 1.54) is 14.2 Å². The van der Waals surface area contributed by atoms with Gasteiger partial charge in [0.25, 0.3) is 5.91 Å². The van der Waals surface area contributed by atoms with Gasteiger partial charge in [-0.3, -0.25) is 14.5 Å². The van der Waals surface area contributed by atoms with Crippen LogP contribution in [0, 0.1) is 5.92 Å². The number of fused-ring (bicyclic) bond motifs is 6. The molecule has 0 radical (unpaired) electrons. The van der Waals surface area contributed by atoms with Crippen molar-refractivity contribution in [2.75, 3.05) is 20.7 Å². The number of nitrogens with zero attached hydrogens (tertiary/aromatic N) is 5. The number of imidazole rings is 2. The Labute approximate surface area is 358 Å². The smallest absolute Gasteiger partial charge is 0.407 e. The van der Waals surface area contributed by atoms with Crippen molar-refractivity contribution in [2.45, 2.75) is 83.3 Å². The van der Waals surface area contributed by atoms with Gasteiger partial charge in [-0.05, 0) is 90.4 Å². The zero-order valence-corrected chi connectivity index (χ0v) is 35.3. The van der Waals surface area contributed by atoms with Crippen LogP contribution in [0.1, 0.15) is 87.4 Å². The Morgan fingerprint density at radius 1 is 0.935 bits per heavy atom. The minimum absolute atomic E-state index is 0.0577. The van der Waals surface area contributed by atoms with E-state index in [9.17, 15) is 24.3 Å². The number of methoxy groups -OCH3 is 1. The third kappa shape index (κ3) is 7.14. The molecule has 15 nitrogen and oxygen atoms in total. The minimum atomic E-state index is -1.13. The van der Waals surface area contributed by atoms with E-state index in [1.54, 1.807) is 11.1 Å². The number of benzene rings is 4. The number of likely N-dealkylation sites (tertiary alicyclic amines) is 2. The predicted octanol–water partition coefficient (Wildman–Crippen LogP) is 8.11. The van der Waals surface area contributed by atoms with Crippen molar-refractivity contribution in [2.24, 2.45) is 5.92 Å². The summed E-state index contributed by atoms with van der Waals surface area (Å²) in [6, 6.07) is 21.3. The summed E-state index contributed by atoms with van der Waals surface area (Å²) in [5.74, 6) is 1.49. The first kappa shape index (κ1) is 40.5. The molecule has 4 aromatic carbocycles. The molecule has 5 atom stereocenters. The van der Waals surface area contributed by atoms with E-state index in [-0.39, 0.29) is 35.9 Å². The Kier molecular flexibility index (Phi) is 10.6. The molecule has 2 aromatic heterocycles. The molecule has 6 aromatic rings. The summed E-state index contributed by atoms with van der Waals surface area (Å²) >= 11 is 0. The van der Waals surface area contributed by atoms with Crippen LogP contribution in [-0.2, 0) is 20.9 Å². The highest BCUT2D eigenvalue weighted by molar-refractivity contribution is 6.07. The number of carboxylic acid groups (broad SMARTS) is 1. The number of alkyl carbamates (subject to hydrolysis) is 1. The van der Waals surface area contributed by atoms with Gasteiger partial charge in [0, 0.05) is 30.6 Å². The van der Waals surface area contributed by atoms with Crippen LogP contribution in [0.4, 0.5) is 9.59 Å². The second-order valence-electron chi connectivity index (χ2n) is 16.9. The summed E-state index contributed by atoms with van der Waals surface area (Å²) in [6.07, 6.45) is 3.02. The number of aromatic nitrogens is 4. The standard InChI is InChI=1S/C47H50N8O7/c1-25(2)41(53(4)47(59)60)45(57)55-26(3)13-18-37(55)42-48-23-35(50-42)29-14-16-31-30(20-29)24-62-38-22-32-28(21-33(31)38)15-17-34-40(32)51-43(49-34)36-12-9-19-54(36)44(56)39(52-46(58)61-5)27-10-7-6-8-11-27/h6-8,10-11,14-17,20-23,25-26,36-37,39,41H,9,12-13,18-19,24H2,1-5H3,(H,48,50)(H,49,51)(H,52,58)(H,59,60)/t26-,36-,37-,39+,41-/m0/s1.